The quantitative estimate of drug-likeness (QED) is 0.682. The lowest BCUT2D eigenvalue weighted by Gasteiger charge is -2.17. The molecule has 0 saturated heterocycles. The van der Waals surface area contributed by atoms with E-state index in [1.807, 2.05) is 50.1 Å². The number of allylic oxidation sites excluding steroid dienone is 8. The fourth-order valence-corrected chi connectivity index (χ4v) is 1.66. The molecule has 0 saturated carbocycles. The van der Waals surface area contributed by atoms with E-state index in [-0.39, 0.29) is 0 Å². The van der Waals surface area contributed by atoms with Gasteiger partial charge in [0, 0.05) is 18.4 Å². The molecule has 2 rings (SSSR count). The summed E-state index contributed by atoms with van der Waals surface area (Å²) in [7, 11) is 0. The van der Waals surface area contributed by atoms with E-state index in [9.17, 15) is 0 Å². The van der Waals surface area contributed by atoms with Crippen LogP contribution in [0.1, 0.15) is 13.8 Å². The summed E-state index contributed by atoms with van der Waals surface area (Å²) in [5.41, 5.74) is 3.22. The number of ether oxygens (including phenoxy) is 1. The highest BCUT2D eigenvalue weighted by atomic mass is 16.5. The minimum Gasteiger partial charge on any atom is -0.460 e. The Kier molecular flexibility index (Phi) is 3.48. The summed E-state index contributed by atoms with van der Waals surface area (Å²) < 4.78 is 5.89. The largest absolute Gasteiger partial charge is 0.460 e. The minimum absolute atomic E-state index is 0.831. The van der Waals surface area contributed by atoms with Gasteiger partial charge in [-0.2, -0.15) is 0 Å². The van der Waals surface area contributed by atoms with Gasteiger partial charge in [0.25, 0.3) is 0 Å². The third-order valence-electron chi connectivity index (χ3n) is 2.64. The lowest BCUT2D eigenvalue weighted by Crippen LogP contribution is -2.01. The van der Waals surface area contributed by atoms with Gasteiger partial charge in [-0.3, -0.25) is 0 Å². The van der Waals surface area contributed by atoms with Crippen molar-refractivity contribution >= 4 is 0 Å². The summed E-state index contributed by atoms with van der Waals surface area (Å²) in [6, 6.07) is 0. The van der Waals surface area contributed by atoms with Crippen molar-refractivity contribution in [2.24, 2.45) is 0 Å². The maximum absolute atomic E-state index is 5.89. The van der Waals surface area contributed by atoms with Crippen molar-refractivity contribution in [3.63, 3.8) is 0 Å². The van der Waals surface area contributed by atoms with Crippen LogP contribution in [0.2, 0.25) is 0 Å². The Bertz CT molecular complexity index is 479. The van der Waals surface area contributed by atoms with Gasteiger partial charge >= 0.3 is 0 Å². The fraction of sp³-hybridized carbons (Fsp3) is 0.125. The van der Waals surface area contributed by atoms with Gasteiger partial charge in [0.15, 0.2) is 0 Å². The molecule has 0 amide bonds. The van der Waals surface area contributed by atoms with Gasteiger partial charge in [0.1, 0.15) is 11.5 Å². The molecule has 0 aliphatic heterocycles. The van der Waals surface area contributed by atoms with Gasteiger partial charge in [-0.15, -0.1) is 0 Å². The molecule has 2 aliphatic carbocycles. The fourth-order valence-electron chi connectivity index (χ4n) is 1.66. The molecule has 0 unspecified atom stereocenters. The summed E-state index contributed by atoms with van der Waals surface area (Å²) in [6.07, 6.45) is 16.0. The van der Waals surface area contributed by atoms with Crippen molar-refractivity contribution < 1.29 is 4.74 Å². The first kappa shape index (κ1) is 11.7. The summed E-state index contributed by atoms with van der Waals surface area (Å²) in [5, 5.41) is 0. The van der Waals surface area contributed by atoms with Crippen molar-refractivity contribution in [2.45, 2.75) is 13.8 Å². The molecule has 0 bridgehead atoms. The molecule has 0 aromatic heterocycles. The molecule has 1 heteroatoms. The van der Waals surface area contributed by atoms with Crippen LogP contribution in [0.15, 0.2) is 71.3 Å². The monoisotopic (exact) mass is 224 g/mol. The van der Waals surface area contributed by atoms with Gasteiger partial charge in [0.05, 0.1) is 0 Å². The van der Waals surface area contributed by atoms with Crippen LogP contribution >= 0.6 is 0 Å². The van der Waals surface area contributed by atoms with Gasteiger partial charge < -0.3 is 4.74 Å². The van der Waals surface area contributed by atoms with E-state index >= 15 is 0 Å². The molecule has 0 fully saturated rings. The predicted octanol–water partition coefficient (Wildman–Crippen LogP) is 4.21. The minimum atomic E-state index is 0.831. The molecular formula is C16H16O. The molecule has 0 atom stereocenters. The molecule has 0 spiro atoms. The molecule has 2 radical (unpaired) electrons. The Balaban J connectivity index is 2.14. The van der Waals surface area contributed by atoms with E-state index in [0.717, 1.165) is 22.7 Å². The molecule has 0 N–H and O–H groups in total. The van der Waals surface area contributed by atoms with Crippen molar-refractivity contribution in [3.05, 3.63) is 84.1 Å². The number of hydrogen-bond donors (Lipinski definition) is 0. The first-order chi connectivity index (χ1) is 8.16. The second-order valence-electron chi connectivity index (χ2n) is 4.17. The van der Waals surface area contributed by atoms with Crippen LogP contribution in [0.25, 0.3) is 0 Å². The Hall–Kier alpha value is -1.76. The second-order valence-corrected chi connectivity index (χ2v) is 4.17. The maximum atomic E-state index is 5.89. The van der Waals surface area contributed by atoms with Crippen LogP contribution in [-0.4, -0.2) is 0 Å². The Morgan fingerprint density at radius 3 is 2.59 bits per heavy atom. The smallest absolute Gasteiger partial charge is 0.133 e. The second kappa shape index (κ2) is 5.05. The van der Waals surface area contributed by atoms with Crippen LogP contribution in [0.4, 0.5) is 0 Å². The number of rotatable bonds is 2. The summed E-state index contributed by atoms with van der Waals surface area (Å²) in [6.45, 7) is 8.07. The lowest BCUT2D eigenvalue weighted by atomic mass is 10.0. The molecule has 17 heavy (non-hydrogen) atoms. The Morgan fingerprint density at radius 1 is 1.00 bits per heavy atom. The molecule has 1 nitrogen and oxygen atoms in total. The van der Waals surface area contributed by atoms with E-state index in [2.05, 4.69) is 19.6 Å². The Morgan fingerprint density at radius 2 is 1.82 bits per heavy atom. The third kappa shape index (κ3) is 2.88. The van der Waals surface area contributed by atoms with E-state index in [4.69, 9.17) is 4.74 Å². The van der Waals surface area contributed by atoms with Gasteiger partial charge in [-0.05, 0) is 25.5 Å². The highest BCUT2D eigenvalue weighted by molar-refractivity contribution is 5.47. The standard InChI is InChI=1S/C16H16O/c1-12-6-4-9-15(11-10-12)17-16-13(2)7-5-8-14(16)3/h4-11H,2H2,1,3H3. The zero-order valence-electron chi connectivity index (χ0n) is 10.2. The predicted molar refractivity (Wildman–Crippen MR) is 71.6 cm³/mol. The van der Waals surface area contributed by atoms with Crippen LogP contribution in [0.3, 0.4) is 0 Å². The zero-order chi connectivity index (χ0) is 12.3. The molecule has 2 aliphatic rings. The third-order valence-corrected chi connectivity index (χ3v) is 2.64. The maximum Gasteiger partial charge on any atom is 0.133 e. The first-order valence-electron chi connectivity index (χ1n) is 5.66. The highest BCUT2D eigenvalue weighted by Gasteiger charge is 2.12. The van der Waals surface area contributed by atoms with E-state index in [1.165, 1.54) is 5.57 Å². The van der Waals surface area contributed by atoms with Crippen LogP contribution in [-0.2, 0) is 4.74 Å². The van der Waals surface area contributed by atoms with Crippen LogP contribution < -0.4 is 0 Å². The van der Waals surface area contributed by atoms with E-state index in [0.29, 0.717) is 0 Å². The molecule has 0 heterocycles. The first-order valence-corrected chi connectivity index (χ1v) is 5.66. The van der Waals surface area contributed by atoms with Crippen molar-refractivity contribution in [1.82, 2.24) is 0 Å². The summed E-state index contributed by atoms with van der Waals surface area (Å²) >= 11 is 0. The average Bonchev–Trinajstić information content (AvgIpc) is 2.49. The lowest BCUT2D eigenvalue weighted by molar-refractivity contribution is 0.322. The van der Waals surface area contributed by atoms with Crippen molar-refractivity contribution in [2.75, 3.05) is 0 Å². The van der Waals surface area contributed by atoms with Gasteiger partial charge in [-0.1, -0.05) is 42.5 Å². The topological polar surface area (TPSA) is 9.23 Å². The van der Waals surface area contributed by atoms with Gasteiger partial charge in [-0.25, -0.2) is 0 Å². The van der Waals surface area contributed by atoms with Crippen molar-refractivity contribution in [3.8, 4) is 0 Å². The van der Waals surface area contributed by atoms with E-state index < -0.39 is 0 Å². The zero-order valence-corrected chi connectivity index (χ0v) is 10.2. The highest BCUT2D eigenvalue weighted by Crippen LogP contribution is 2.27. The Labute approximate surface area is 103 Å². The summed E-state index contributed by atoms with van der Waals surface area (Å²) in [4.78, 5) is 0. The van der Waals surface area contributed by atoms with Crippen LogP contribution in [0.5, 0.6) is 0 Å². The summed E-state index contributed by atoms with van der Waals surface area (Å²) in [5.74, 6) is 1.67. The molecule has 86 valence electrons. The van der Waals surface area contributed by atoms with E-state index in [1.54, 1.807) is 0 Å². The SMILES string of the molecule is C=C1C=C[CH]C(C)=C1OC1=CC=CC(C)=C[CH]1. The molecule has 0 aromatic rings. The van der Waals surface area contributed by atoms with Crippen LogP contribution in [0, 0.1) is 12.8 Å². The molecular weight excluding hydrogens is 208 g/mol. The average molecular weight is 224 g/mol. The number of hydrogen-bond acceptors (Lipinski definition) is 1. The van der Waals surface area contributed by atoms with Crippen molar-refractivity contribution in [1.29, 1.82) is 0 Å². The molecule has 0 aromatic carbocycles. The normalized spacial score (nSPS) is 20.0. The van der Waals surface area contributed by atoms with Gasteiger partial charge in [0.2, 0.25) is 0 Å².